The Morgan fingerprint density at radius 1 is 1.75 bits per heavy atom. The molecule has 1 aliphatic rings. The van der Waals surface area contributed by atoms with Crippen molar-refractivity contribution in [1.29, 1.82) is 0 Å². The molecular weight excluding hydrogens is 172 g/mol. The van der Waals surface area contributed by atoms with Gasteiger partial charge in [-0.2, -0.15) is 0 Å². The zero-order valence-electron chi connectivity index (χ0n) is 7.42. The molecule has 1 fully saturated rings. The van der Waals surface area contributed by atoms with E-state index in [1.165, 1.54) is 19.5 Å². The molecule has 0 bridgehead atoms. The number of hydrogen-bond donors (Lipinski definition) is 2. The van der Waals surface area contributed by atoms with Crippen molar-refractivity contribution in [1.82, 2.24) is 10.2 Å². The lowest BCUT2D eigenvalue weighted by Gasteiger charge is -2.09. The molecule has 0 saturated carbocycles. The van der Waals surface area contributed by atoms with Gasteiger partial charge >= 0.3 is 0 Å². The Morgan fingerprint density at radius 3 is 3.00 bits per heavy atom. The van der Waals surface area contributed by atoms with Crippen LogP contribution in [-0.2, 0) is 0 Å². The molecule has 1 saturated heterocycles. The molecule has 1 aliphatic heterocycles. The van der Waals surface area contributed by atoms with Crippen LogP contribution in [0.1, 0.15) is 12.8 Å². The topological polar surface area (TPSA) is 32.3 Å². The molecule has 4 heteroatoms. The van der Waals surface area contributed by atoms with Gasteiger partial charge in [0.1, 0.15) is 0 Å². The largest absolute Gasteiger partial charge is 0.347 e. The molecule has 1 N–H and O–H groups in total. The summed E-state index contributed by atoms with van der Waals surface area (Å²) in [5, 5.41) is 2.47. The molecule has 1 amide bonds. The first-order valence-corrected chi connectivity index (χ1v) is 4.78. The number of nitrogens with zero attached hydrogens (tertiary/aromatic N) is 1. The summed E-state index contributed by atoms with van der Waals surface area (Å²) in [6.45, 7) is 3.13. The molecule has 1 heterocycles. The summed E-state index contributed by atoms with van der Waals surface area (Å²) in [6.07, 6.45) is 2.34. The Kier molecular flexibility index (Phi) is 3.88. The quantitative estimate of drug-likeness (QED) is 0.647. The summed E-state index contributed by atoms with van der Waals surface area (Å²) in [6, 6.07) is 0. The van der Waals surface area contributed by atoms with E-state index in [4.69, 9.17) is 0 Å². The highest BCUT2D eigenvalue weighted by atomic mass is 32.1. The fraction of sp³-hybridized carbons (Fsp3) is 0.875. The van der Waals surface area contributed by atoms with E-state index in [2.05, 4.69) is 29.9 Å². The molecule has 1 atom stereocenters. The van der Waals surface area contributed by atoms with E-state index in [1.54, 1.807) is 0 Å². The Labute approximate surface area is 78.9 Å². The number of carbonyl (C=O) groups is 1. The summed E-state index contributed by atoms with van der Waals surface area (Å²) < 4.78 is 0. The van der Waals surface area contributed by atoms with Crippen LogP contribution >= 0.6 is 12.6 Å². The smallest absolute Gasteiger partial charge is 0.275 e. The van der Waals surface area contributed by atoms with Crippen molar-refractivity contribution in [3.63, 3.8) is 0 Å². The Hall–Kier alpha value is -0.220. The number of nitrogens with one attached hydrogen (secondary N) is 1. The average molecular weight is 188 g/mol. The molecule has 1 rings (SSSR count). The maximum atomic E-state index is 10.4. The monoisotopic (exact) mass is 188 g/mol. The van der Waals surface area contributed by atoms with Crippen LogP contribution in [0.2, 0.25) is 0 Å². The minimum Gasteiger partial charge on any atom is -0.347 e. The predicted molar refractivity (Wildman–Crippen MR) is 52.6 cm³/mol. The lowest BCUT2D eigenvalue weighted by molar-refractivity contribution is 0.260. The zero-order valence-corrected chi connectivity index (χ0v) is 8.31. The summed E-state index contributed by atoms with van der Waals surface area (Å²) in [5.41, 5.74) is 0. The number of thiol groups is 1. The molecule has 0 aromatic carbocycles. The van der Waals surface area contributed by atoms with Gasteiger partial charge in [-0.15, -0.1) is 0 Å². The third-order valence-corrected chi connectivity index (χ3v) is 2.48. The van der Waals surface area contributed by atoms with E-state index in [-0.39, 0.29) is 5.24 Å². The van der Waals surface area contributed by atoms with Crippen molar-refractivity contribution in [3.8, 4) is 0 Å². The van der Waals surface area contributed by atoms with Crippen LogP contribution in [0.15, 0.2) is 0 Å². The predicted octanol–water partition coefficient (Wildman–Crippen LogP) is 0.968. The third-order valence-electron chi connectivity index (χ3n) is 2.32. The molecule has 0 aliphatic carbocycles. The van der Waals surface area contributed by atoms with Gasteiger partial charge in [0.05, 0.1) is 0 Å². The highest BCUT2D eigenvalue weighted by molar-refractivity contribution is 7.96. The lowest BCUT2D eigenvalue weighted by Crippen LogP contribution is -2.21. The van der Waals surface area contributed by atoms with Gasteiger partial charge in [0.15, 0.2) is 0 Å². The van der Waals surface area contributed by atoms with Gasteiger partial charge in [-0.1, -0.05) is 12.6 Å². The first kappa shape index (κ1) is 9.86. The zero-order chi connectivity index (χ0) is 8.97. The minimum atomic E-state index is -0.221. The number of hydrogen-bond acceptors (Lipinski definition) is 2. The molecule has 12 heavy (non-hydrogen) atoms. The Morgan fingerprint density at radius 2 is 2.50 bits per heavy atom. The second-order valence-electron chi connectivity index (χ2n) is 3.44. The van der Waals surface area contributed by atoms with E-state index >= 15 is 0 Å². The minimum absolute atomic E-state index is 0.221. The maximum Gasteiger partial charge on any atom is 0.275 e. The van der Waals surface area contributed by atoms with Crippen LogP contribution in [0.3, 0.4) is 0 Å². The fourth-order valence-corrected chi connectivity index (χ4v) is 1.76. The van der Waals surface area contributed by atoms with Crippen LogP contribution in [-0.4, -0.2) is 36.8 Å². The van der Waals surface area contributed by atoms with Crippen molar-refractivity contribution in [2.75, 3.05) is 26.7 Å². The van der Waals surface area contributed by atoms with E-state index in [0.717, 1.165) is 18.9 Å². The SMILES string of the molecule is CN1CCC(CCNC(=O)S)C1. The summed E-state index contributed by atoms with van der Waals surface area (Å²) >= 11 is 3.63. The number of carbonyl (C=O) groups excluding carboxylic acids is 1. The van der Waals surface area contributed by atoms with Gasteiger partial charge in [-0.05, 0) is 32.4 Å². The van der Waals surface area contributed by atoms with Crippen molar-refractivity contribution in [2.24, 2.45) is 5.92 Å². The normalized spacial score (nSPS) is 24.3. The van der Waals surface area contributed by atoms with Gasteiger partial charge in [0.2, 0.25) is 0 Å². The number of amides is 1. The van der Waals surface area contributed by atoms with Gasteiger partial charge in [0.25, 0.3) is 5.24 Å². The summed E-state index contributed by atoms with van der Waals surface area (Å²) in [4.78, 5) is 12.8. The average Bonchev–Trinajstić information content (AvgIpc) is 2.35. The second kappa shape index (κ2) is 4.72. The van der Waals surface area contributed by atoms with Crippen molar-refractivity contribution in [3.05, 3.63) is 0 Å². The third kappa shape index (κ3) is 3.45. The second-order valence-corrected chi connectivity index (χ2v) is 3.84. The van der Waals surface area contributed by atoms with E-state index in [0.29, 0.717) is 0 Å². The molecule has 0 aromatic rings. The molecule has 0 aromatic heterocycles. The summed E-state index contributed by atoms with van der Waals surface area (Å²) in [7, 11) is 2.14. The van der Waals surface area contributed by atoms with E-state index < -0.39 is 0 Å². The molecular formula is C8H16N2OS. The van der Waals surface area contributed by atoms with Gasteiger partial charge in [0, 0.05) is 13.1 Å². The Balaban J connectivity index is 2.04. The fourth-order valence-electron chi connectivity index (χ4n) is 1.65. The van der Waals surface area contributed by atoms with Crippen LogP contribution in [0.5, 0.6) is 0 Å². The van der Waals surface area contributed by atoms with Crippen LogP contribution in [0, 0.1) is 5.92 Å². The highest BCUT2D eigenvalue weighted by Gasteiger charge is 2.18. The van der Waals surface area contributed by atoms with E-state index in [9.17, 15) is 4.79 Å². The van der Waals surface area contributed by atoms with Gasteiger partial charge < -0.3 is 10.2 Å². The summed E-state index contributed by atoms with van der Waals surface area (Å²) in [5.74, 6) is 0.759. The van der Waals surface area contributed by atoms with Crippen LogP contribution < -0.4 is 5.32 Å². The highest BCUT2D eigenvalue weighted by Crippen LogP contribution is 2.16. The molecule has 3 nitrogen and oxygen atoms in total. The molecule has 70 valence electrons. The van der Waals surface area contributed by atoms with Crippen LogP contribution in [0.25, 0.3) is 0 Å². The van der Waals surface area contributed by atoms with Crippen molar-refractivity contribution in [2.45, 2.75) is 12.8 Å². The maximum absolute atomic E-state index is 10.4. The number of rotatable bonds is 3. The first-order valence-electron chi connectivity index (χ1n) is 4.34. The number of likely N-dealkylation sites (tertiary alicyclic amines) is 1. The lowest BCUT2D eigenvalue weighted by atomic mass is 10.1. The van der Waals surface area contributed by atoms with Crippen molar-refractivity contribution < 1.29 is 4.79 Å². The molecule has 0 spiro atoms. The van der Waals surface area contributed by atoms with Gasteiger partial charge in [-0.3, -0.25) is 4.79 Å². The van der Waals surface area contributed by atoms with Crippen LogP contribution in [0.4, 0.5) is 4.79 Å². The molecule has 0 radical (unpaired) electrons. The molecule has 1 unspecified atom stereocenters. The first-order chi connectivity index (χ1) is 5.68. The van der Waals surface area contributed by atoms with E-state index in [1.807, 2.05) is 0 Å². The Bertz CT molecular complexity index is 163. The standard InChI is InChI=1S/C8H16N2OS/c1-10-5-3-7(6-10)2-4-9-8(11)12/h7H,2-6H2,1H3,(H2,9,11,12). The van der Waals surface area contributed by atoms with Gasteiger partial charge in [-0.25, -0.2) is 0 Å². The van der Waals surface area contributed by atoms with Crippen molar-refractivity contribution >= 4 is 17.9 Å².